The fourth-order valence-corrected chi connectivity index (χ4v) is 2.70. The topological polar surface area (TPSA) is 56.8 Å². The number of fused-ring (bicyclic) bond motifs is 1. The molecule has 0 radical (unpaired) electrons. The Labute approximate surface area is 118 Å². The van der Waals surface area contributed by atoms with Crippen molar-refractivity contribution in [1.82, 2.24) is 5.32 Å². The van der Waals surface area contributed by atoms with Crippen LogP contribution in [0.25, 0.3) is 0 Å². The van der Waals surface area contributed by atoms with Crippen LogP contribution in [0.2, 0.25) is 0 Å². The first kappa shape index (κ1) is 13.5. The highest BCUT2D eigenvalue weighted by Crippen LogP contribution is 2.31. The van der Waals surface area contributed by atoms with Crippen LogP contribution in [0.3, 0.4) is 0 Å². The van der Waals surface area contributed by atoms with E-state index in [1.54, 1.807) is 0 Å². The Morgan fingerprint density at radius 1 is 1.15 bits per heavy atom. The van der Waals surface area contributed by atoms with Crippen molar-refractivity contribution in [2.24, 2.45) is 0 Å². The third-order valence-electron chi connectivity index (χ3n) is 3.63. The molecule has 3 rings (SSSR count). The van der Waals surface area contributed by atoms with Crippen LogP contribution in [-0.2, 0) is 19.0 Å². The lowest BCUT2D eigenvalue weighted by Gasteiger charge is -2.41. The molecule has 1 amide bonds. The van der Waals surface area contributed by atoms with Crippen molar-refractivity contribution in [2.75, 3.05) is 13.2 Å². The standard InChI is InChI=1S/C15H19NO4/c1-10(17)16-12-7-13-14(18-8-12)9-19-15(20-13)11-5-3-2-4-6-11/h2-6,12-15H,7-9H2,1H3,(H,16,17)/t12-,13+,14?,15?/m1/s1. The van der Waals surface area contributed by atoms with Crippen LogP contribution >= 0.6 is 0 Å². The molecule has 4 atom stereocenters. The van der Waals surface area contributed by atoms with E-state index < -0.39 is 0 Å². The lowest BCUT2D eigenvalue weighted by atomic mass is 10.0. The maximum absolute atomic E-state index is 11.1. The van der Waals surface area contributed by atoms with E-state index in [-0.39, 0.29) is 30.4 Å². The lowest BCUT2D eigenvalue weighted by Crippen LogP contribution is -2.53. The number of hydrogen-bond acceptors (Lipinski definition) is 4. The van der Waals surface area contributed by atoms with Crippen LogP contribution in [0.5, 0.6) is 0 Å². The van der Waals surface area contributed by atoms with E-state index in [0.717, 1.165) is 12.0 Å². The van der Waals surface area contributed by atoms with Gasteiger partial charge in [-0.25, -0.2) is 0 Å². The molecule has 0 aliphatic carbocycles. The minimum atomic E-state index is -0.350. The maximum atomic E-state index is 11.1. The molecule has 2 fully saturated rings. The Kier molecular flexibility index (Phi) is 4.00. The summed E-state index contributed by atoms with van der Waals surface area (Å²) in [6.07, 6.45) is 0.327. The molecule has 2 unspecified atom stereocenters. The summed E-state index contributed by atoms with van der Waals surface area (Å²) in [4.78, 5) is 11.1. The molecule has 0 aromatic heterocycles. The van der Waals surface area contributed by atoms with Gasteiger partial charge < -0.3 is 19.5 Å². The monoisotopic (exact) mass is 277 g/mol. The molecule has 0 spiro atoms. The summed E-state index contributed by atoms with van der Waals surface area (Å²) < 4.78 is 17.4. The Balaban J connectivity index is 1.64. The third kappa shape index (κ3) is 3.00. The van der Waals surface area contributed by atoms with Crippen molar-refractivity contribution in [1.29, 1.82) is 0 Å². The molecule has 2 saturated heterocycles. The number of rotatable bonds is 2. The predicted octanol–water partition coefficient (Wildman–Crippen LogP) is 1.39. The number of nitrogens with one attached hydrogen (secondary N) is 1. The highest BCUT2D eigenvalue weighted by atomic mass is 16.7. The Hall–Kier alpha value is -1.43. The molecule has 2 aliphatic heterocycles. The lowest BCUT2D eigenvalue weighted by molar-refractivity contribution is -0.280. The van der Waals surface area contributed by atoms with Crippen LogP contribution in [-0.4, -0.2) is 37.4 Å². The van der Waals surface area contributed by atoms with Gasteiger partial charge in [-0.2, -0.15) is 0 Å². The number of ether oxygens (including phenoxy) is 3. The largest absolute Gasteiger partial charge is 0.371 e. The summed E-state index contributed by atoms with van der Waals surface area (Å²) in [6, 6.07) is 9.88. The third-order valence-corrected chi connectivity index (χ3v) is 3.63. The molecule has 20 heavy (non-hydrogen) atoms. The molecule has 108 valence electrons. The van der Waals surface area contributed by atoms with Crippen LogP contribution in [0.4, 0.5) is 0 Å². The number of hydrogen-bond donors (Lipinski definition) is 1. The van der Waals surface area contributed by atoms with Crippen molar-refractivity contribution >= 4 is 5.91 Å². The Morgan fingerprint density at radius 3 is 2.70 bits per heavy atom. The fraction of sp³-hybridized carbons (Fsp3) is 0.533. The van der Waals surface area contributed by atoms with Gasteiger partial charge >= 0.3 is 0 Å². The highest BCUT2D eigenvalue weighted by molar-refractivity contribution is 5.73. The smallest absolute Gasteiger partial charge is 0.217 e. The SMILES string of the molecule is CC(=O)N[C@H]1COC2COC(c3ccccc3)O[C@H]2C1. The van der Waals surface area contributed by atoms with Crippen molar-refractivity contribution in [2.45, 2.75) is 37.9 Å². The van der Waals surface area contributed by atoms with E-state index >= 15 is 0 Å². The number of carbonyl (C=O) groups is 1. The molecule has 5 nitrogen and oxygen atoms in total. The van der Waals surface area contributed by atoms with E-state index in [9.17, 15) is 4.79 Å². The molecule has 1 aromatic carbocycles. The molecular weight excluding hydrogens is 258 g/mol. The molecule has 1 N–H and O–H groups in total. The fourth-order valence-electron chi connectivity index (χ4n) is 2.70. The van der Waals surface area contributed by atoms with Gasteiger partial charge in [0, 0.05) is 12.5 Å². The number of benzene rings is 1. The summed E-state index contributed by atoms with van der Waals surface area (Å²) in [5, 5.41) is 2.88. The molecule has 5 heteroatoms. The Bertz CT molecular complexity index is 464. The van der Waals surface area contributed by atoms with Crippen molar-refractivity contribution in [3.8, 4) is 0 Å². The van der Waals surface area contributed by atoms with Gasteiger partial charge in [0.25, 0.3) is 0 Å². The molecule has 0 saturated carbocycles. The summed E-state index contributed by atoms with van der Waals surface area (Å²) in [5.74, 6) is -0.0382. The van der Waals surface area contributed by atoms with Gasteiger partial charge in [0.2, 0.25) is 5.91 Å². The van der Waals surface area contributed by atoms with Gasteiger partial charge in [-0.3, -0.25) is 4.79 Å². The average Bonchev–Trinajstić information content (AvgIpc) is 2.47. The number of carbonyl (C=O) groups excluding carboxylic acids is 1. The quantitative estimate of drug-likeness (QED) is 0.887. The van der Waals surface area contributed by atoms with E-state index in [4.69, 9.17) is 14.2 Å². The maximum Gasteiger partial charge on any atom is 0.217 e. The zero-order valence-electron chi connectivity index (χ0n) is 11.5. The van der Waals surface area contributed by atoms with Gasteiger partial charge in [0.15, 0.2) is 6.29 Å². The van der Waals surface area contributed by atoms with Gasteiger partial charge in [-0.05, 0) is 6.42 Å². The van der Waals surface area contributed by atoms with E-state index in [0.29, 0.717) is 13.2 Å². The van der Waals surface area contributed by atoms with Crippen LogP contribution in [0.1, 0.15) is 25.2 Å². The molecular formula is C15H19NO4. The molecule has 0 bridgehead atoms. The zero-order chi connectivity index (χ0) is 13.9. The van der Waals surface area contributed by atoms with Crippen LogP contribution in [0.15, 0.2) is 30.3 Å². The summed E-state index contributed by atoms with van der Waals surface area (Å²) in [6.45, 7) is 2.56. The van der Waals surface area contributed by atoms with E-state index in [1.807, 2.05) is 30.3 Å². The summed E-state index contributed by atoms with van der Waals surface area (Å²) in [5.41, 5.74) is 1.01. The minimum absolute atomic E-state index is 0.0169. The second kappa shape index (κ2) is 5.91. The number of amides is 1. The first-order valence-corrected chi connectivity index (χ1v) is 6.93. The summed E-state index contributed by atoms with van der Waals surface area (Å²) >= 11 is 0. The average molecular weight is 277 g/mol. The van der Waals surface area contributed by atoms with Gasteiger partial charge in [0.1, 0.15) is 6.10 Å². The molecule has 2 heterocycles. The normalized spacial score (nSPS) is 33.2. The van der Waals surface area contributed by atoms with Crippen molar-refractivity contribution < 1.29 is 19.0 Å². The second-order valence-electron chi connectivity index (χ2n) is 5.26. The van der Waals surface area contributed by atoms with Crippen LogP contribution < -0.4 is 5.32 Å². The zero-order valence-corrected chi connectivity index (χ0v) is 11.5. The molecule has 2 aliphatic rings. The predicted molar refractivity (Wildman–Crippen MR) is 72.0 cm³/mol. The van der Waals surface area contributed by atoms with E-state index in [2.05, 4.69) is 5.32 Å². The summed E-state index contributed by atoms with van der Waals surface area (Å²) in [7, 11) is 0. The second-order valence-corrected chi connectivity index (χ2v) is 5.26. The first-order chi connectivity index (χ1) is 9.72. The van der Waals surface area contributed by atoms with Crippen LogP contribution in [0, 0.1) is 0 Å². The van der Waals surface area contributed by atoms with E-state index in [1.165, 1.54) is 6.92 Å². The highest BCUT2D eigenvalue weighted by Gasteiger charge is 2.38. The first-order valence-electron chi connectivity index (χ1n) is 6.93. The van der Waals surface area contributed by atoms with Gasteiger partial charge in [0.05, 0.1) is 25.4 Å². The minimum Gasteiger partial charge on any atom is -0.371 e. The molecule has 1 aromatic rings. The van der Waals surface area contributed by atoms with Crippen molar-refractivity contribution in [3.63, 3.8) is 0 Å². The van der Waals surface area contributed by atoms with Gasteiger partial charge in [-0.1, -0.05) is 30.3 Å². The van der Waals surface area contributed by atoms with Crippen molar-refractivity contribution in [3.05, 3.63) is 35.9 Å². The Morgan fingerprint density at radius 2 is 1.95 bits per heavy atom. The van der Waals surface area contributed by atoms with Gasteiger partial charge in [-0.15, -0.1) is 0 Å².